The molecule has 0 spiro atoms. The van der Waals surface area contributed by atoms with Crippen LogP contribution in [0, 0.1) is 0 Å². The van der Waals surface area contributed by atoms with Gasteiger partial charge >= 0.3 is 0 Å². The molecule has 0 aromatic heterocycles. The van der Waals surface area contributed by atoms with E-state index in [0.29, 0.717) is 13.3 Å². The van der Waals surface area contributed by atoms with Crippen LogP contribution in [0.5, 0.6) is 0 Å². The zero-order chi connectivity index (χ0) is 9.52. The Morgan fingerprint density at radius 2 is 2.08 bits per heavy atom. The lowest BCUT2D eigenvalue weighted by Crippen LogP contribution is -2.23. The summed E-state index contributed by atoms with van der Waals surface area (Å²) in [5, 5.41) is 0. The Hall–Kier alpha value is -1.35. The van der Waals surface area contributed by atoms with Gasteiger partial charge in [-0.1, -0.05) is 30.3 Å². The summed E-state index contributed by atoms with van der Waals surface area (Å²) < 4.78 is 4.86. The predicted octanol–water partition coefficient (Wildman–Crippen LogP) is 1.25. The third-order valence-electron chi connectivity index (χ3n) is 1.67. The highest BCUT2D eigenvalue weighted by molar-refractivity contribution is 5.47. The molecule has 1 amide bonds. The monoisotopic (exact) mass is 179 g/mol. The molecule has 0 atom stereocenters. The number of nitrogens with zero attached hydrogens (tertiary/aromatic N) is 1. The molecule has 1 rings (SSSR count). The van der Waals surface area contributed by atoms with Gasteiger partial charge in [0.2, 0.25) is 6.41 Å². The van der Waals surface area contributed by atoms with Crippen LogP contribution in [0.3, 0.4) is 0 Å². The lowest BCUT2D eigenvalue weighted by molar-refractivity contribution is -0.123. The molecule has 0 unspecified atom stereocenters. The Labute approximate surface area is 77.9 Å². The summed E-state index contributed by atoms with van der Waals surface area (Å²) in [6, 6.07) is 9.81. The first kappa shape index (κ1) is 9.74. The summed E-state index contributed by atoms with van der Waals surface area (Å²) in [7, 11) is 1.57. The molecule has 0 heterocycles. The topological polar surface area (TPSA) is 29.5 Å². The molecule has 0 bridgehead atoms. The number of benzene rings is 1. The minimum absolute atomic E-state index is 0.332. The zero-order valence-electron chi connectivity index (χ0n) is 7.64. The minimum Gasteiger partial charge on any atom is -0.364 e. The summed E-state index contributed by atoms with van der Waals surface area (Å²) >= 11 is 0. The second kappa shape index (κ2) is 5.32. The fourth-order valence-electron chi connectivity index (χ4n) is 1.10. The van der Waals surface area contributed by atoms with Crippen molar-refractivity contribution in [2.75, 3.05) is 13.8 Å². The number of rotatable bonds is 5. The van der Waals surface area contributed by atoms with E-state index < -0.39 is 0 Å². The van der Waals surface area contributed by atoms with Crippen molar-refractivity contribution in [2.24, 2.45) is 0 Å². The number of methoxy groups -OCH3 is 1. The van der Waals surface area contributed by atoms with Crippen LogP contribution in [0.15, 0.2) is 30.3 Å². The molecule has 0 aliphatic rings. The normalized spacial score (nSPS) is 9.62. The highest BCUT2D eigenvalue weighted by Crippen LogP contribution is 2.01. The summed E-state index contributed by atoms with van der Waals surface area (Å²) in [5.41, 5.74) is 1.10. The van der Waals surface area contributed by atoms with Crippen molar-refractivity contribution in [3.63, 3.8) is 0 Å². The SMILES string of the molecule is COCN(C=O)Cc1ccccc1. The van der Waals surface area contributed by atoms with Crippen molar-refractivity contribution in [1.29, 1.82) is 0 Å². The molecule has 0 aliphatic heterocycles. The van der Waals surface area contributed by atoms with E-state index in [4.69, 9.17) is 4.74 Å². The van der Waals surface area contributed by atoms with Crippen molar-refractivity contribution in [3.8, 4) is 0 Å². The maximum absolute atomic E-state index is 10.5. The van der Waals surface area contributed by atoms with Crippen LogP contribution in [0.1, 0.15) is 5.56 Å². The van der Waals surface area contributed by atoms with Gasteiger partial charge in [0.15, 0.2) is 0 Å². The molecule has 1 aromatic carbocycles. The van der Waals surface area contributed by atoms with Gasteiger partial charge in [-0.05, 0) is 5.56 Å². The zero-order valence-corrected chi connectivity index (χ0v) is 7.64. The highest BCUT2D eigenvalue weighted by atomic mass is 16.5. The molecule has 1 aromatic rings. The first-order valence-corrected chi connectivity index (χ1v) is 4.09. The Kier molecular flexibility index (Phi) is 3.99. The van der Waals surface area contributed by atoms with E-state index in [2.05, 4.69) is 0 Å². The van der Waals surface area contributed by atoms with Crippen LogP contribution < -0.4 is 0 Å². The van der Waals surface area contributed by atoms with Crippen molar-refractivity contribution in [1.82, 2.24) is 4.90 Å². The molecule has 0 saturated carbocycles. The Morgan fingerprint density at radius 3 is 2.62 bits per heavy atom. The molecular weight excluding hydrogens is 166 g/mol. The molecular formula is C10H13NO2. The second-order valence-corrected chi connectivity index (χ2v) is 2.76. The van der Waals surface area contributed by atoms with Crippen LogP contribution in [0.2, 0.25) is 0 Å². The van der Waals surface area contributed by atoms with E-state index in [1.165, 1.54) is 0 Å². The van der Waals surface area contributed by atoms with E-state index in [0.717, 1.165) is 12.0 Å². The van der Waals surface area contributed by atoms with Gasteiger partial charge in [0.05, 0.1) is 0 Å². The van der Waals surface area contributed by atoms with Crippen LogP contribution >= 0.6 is 0 Å². The van der Waals surface area contributed by atoms with Gasteiger partial charge in [-0.2, -0.15) is 0 Å². The fourth-order valence-corrected chi connectivity index (χ4v) is 1.10. The number of hydrogen-bond acceptors (Lipinski definition) is 2. The maximum Gasteiger partial charge on any atom is 0.211 e. The smallest absolute Gasteiger partial charge is 0.211 e. The number of hydrogen-bond donors (Lipinski definition) is 0. The first-order chi connectivity index (χ1) is 6.36. The average molecular weight is 179 g/mol. The third-order valence-corrected chi connectivity index (χ3v) is 1.67. The van der Waals surface area contributed by atoms with Crippen molar-refractivity contribution < 1.29 is 9.53 Å². The predicted molar refractivity (Wildman–Crippen MR) is 49.9 cm³/mol. The quantitative estimate of drug-likeness (QED) is 0.503. The standard InChI is InChI=1S/C10H13NO2/c1-13-9-11(8-12)7-10-5-3-2-4-6-10/h2-6,8H,7,9H2,1H3. The van der Waals surface area contributed by atoms with Crippen LogP contribution in [0.4, 0.5) is 0 Å². The molecule has 0 saturated heterocycles. The van der Waals surface area contributed by atoms with Gasteiger partial charge in [-0.15, -0.1) is 0 Å². The summed E-state index contributed by atoms with van der Waals surface area (Å²) in [6.07, 6.45) is 0.788. The highest BCUT2D eigenvalue weighted by Gasteiger charge is 2.00. The number of amides is 1. The molecule has 13 heavy (non-hydrogen) atoms. The number of ether oxygens (including phenoxy) is 1. The molecule has 3 heteroatoms. The van der Waals surface area contributed by atoms with Crippen LogP contribution in [-0.2, 0) is 16.1 Å². The molecule has 0 aliphatic carbocycles. The van der Waals surface area contributed by atoms with Gasteiger partial charge in [-0.25, -0.2) is 0 Å². The number of carbonyl (C=O) groups excluding carboxylic acids is 1. The molecule has 3 nitrogen and oxygen atoms in total. The average Bonchev–Trinajstić information content (AvgIpc) is 2.19. The van der Waals surface area contributed by atoms with E-state index in [1.807, 2.05) is 30.3 Å². The molecule has 0 radical (unpaired) electrons. The molecule has 0 fully saturated rings. The number of carbonyl (C=O) groups is 1. The van der Waals surface area contributed by atoms with E-state index in [9.17, 15) is 4.79 Å². The van der Waals surface area contributed by atoms with E-state index in [1.54, 1.807) is 12.0 Å². The minimum atomic E-state index is 0.332. The van der Waals surface area contributed by atoms with Crippen LogP contribution in [0.25, 0.3) is 0 Å². The van der Waals surface area contributed by atoms with Gasteiger partial charge in [0, 0.05) is 13.7 Å². The van der Waals surface area contributed by atoms with Crippen molar-refractivity contribution >= 4 is 6.41 Å². The fraction of sp³-hybridized carbons (Fsp3) is 0.300. The van der Waals surface area contributed by atoms with Crippen molar-refractivity contribution in [3.05, 3.63) is 35.9 Å². The summed E-state index contributed by atoms with van der Waals surface area (Å²) in [4.78, 5) is 12.1. The Bertz CT molecular complexity index is 248. The summed E-state index contributed by atoms with van der Waals surface area (Å²) in [6.45, 7) is 0.927. The van der Waals surface area contributed by atoms with Gasteiger partial charge in [0.25, 0.3) is 0 Å². The molecule has 70 valence electrons. The van der Waals surface area contributed by atoms with Gasteiger partial charge in [-0.3, -0.25) is 4.79 Å². The molecule has 0 N–H and O–H groups in total. The summed E-state index contributed by atoms with van der Waals surface area (Å²) in [5.74, 6) is 0. The lowest BCUT2D eigenvalue weighted by Gasteiger charge is -2.15. The van der Waals surface area contributed by atoms with Gasteiger partial charge in [0.1, 0.15) is 6.73 Å². The lowest BCUT2D eigenvalue weighted by atomic mass is 10.2. The van der Waals surface area contributed by atoms with E-state index >= 15 is 0 Å². The Morgan fingerprint density at radius 1 is 1.38 bits per heavy atom. The largest absolute Gasteiger partial charge is 0.364 e. The first-order valence-electron chi connectivity index (χ1n) is 4.09. The maximum atomic E-state index is 10.5. The second-order valence-electron chi connectivity index (χ2n) is 2.76. The third kappa shape index (κ3) is 3.25. The van der Waals surface area contributed by atoms with E-state index in [-0.39, 0.29) is 0 Å². The van der Waals surface area contributed by atoms with Crippen LogP contribution in [-0.4, -0.2) is 25.2 Å². The van der Waals surface area contributed by atoms with Gasteiger partial charge < -0.3 is 9.64 Å². The van der Waals surface area contributed by atoms with Crippen molar-refractivity contribution in [2.45, 2.75) is 6.54 Å². The Balaban J connectivity index is 2.51.